The normalized spacial score (nSPS) is 31.8. The van der Waals surface area contributed by atoms with Gasteiger partial charge in [-0.3, -0.25) is 4.57 Å². The van der Waals surface area contributed by atoms with Crippen LogP contribution in [0.1, 0.15) is 6.23 Å². The number of aliphatic hydroxyl groups is 2. The smallest absolute Gasteiger partial charge is 0.180 e. The molecule has 1 fully saturated rings. The van der Waals surface area contributed by atoms with Gasteiger partial charge in [0, 0.05) is 6.20 Å². The number of H-pyrrole nitrogens is 1. The van der Waals surface area contributed by atoms with Crippen LogP contribution < -0.4 is 0 Å². The van der Waals surface area contributed by atoms with Crippen LogP contribution in [0.25, 0.3) is 0 Å². The van der Waals surface area contributed by atoms with Gasteiger partial charge >= 0.3 is 0 Å². The molecule has 4 atom stereocenters. The number of nitrogens with one attached hydrogen (secondary N) is 1. The van der Waals surface area contributed by atoms with E-state index in [0.717, 1.165) is 10.8 Å². The zero-order valence-electron chi connectivity index (χ0n) is 8.92. The van der Waals surface area contributed by atoms with Crippen LogP contribution in [-0.2, 0) is 4.74 Å². The Bertz CT molecular complexity index is 561. The van der Waals surface area contributed by atoms with Crippen LogP contribution in [0.15, 0.2) is 6.20 Å². The minimum atomic E-state index is -1.77. The van der Waals surface area contributed by atoms with E-state index in [9.17, 15) is 13.9 Å². The largest absolute Gasteiger partial charge is 0.394 e. The minimum Gasteiger partial charge on any atom is -0.394 e. The maximum absolute atomic E-state index is 13.5. The number of alkyl halides is 1. The van der Waals surface area contributed by atoms with E-state index in [1.54, 1.807) is 0 Å². The van der Waals surface area contributed by atoms with E-state index in [0.29, 0.717) is 0 Å². The van der Waals surface area contributed by atoms with Gasteiger partial charge in [0.25, 0.3) is 0 Å². The highest BCUT2D eigenvalue weighted by Crippen LogP contribution is 2.31. The van der Waals surface area contributed by atoms with Crippen molar-refractivity contribution in [1.29, 1.82) is 0 Å². The van der Waals surface area contributed by atoms with E-state index in [2.05, 4.69) is 17.2 Å². The monoisotopic (exact) mass is 296 g/mol. The standard InChI is InChI=1S/C9H10F2N2O3S2/c10-3-1-13(9(18)12-7(3)17)8-6(15)5(11)4(2-14)16-8/h1,4-6,8,14-15H,2H2,(H,12,17,18)/t4-,5+,6?,8-/m1/s1. The summed E-state index contributed by atoms with van der Waals surface area (Å²) in [4.78, 5) is 2.39. The van der Waals surface area contributed by atoms with Crippen LogP contribution >= 0.6 is 24.4 Å². The molecule has 9 heteroatoms. The number of hydrogen-bond acceptors (Lipinski definition) is 5. The molecule has 0 aliphatic carbocycles. The van der Waals surface area contributed by atoms with Crippen molar-refractivity contribution in [3.8, 4) is 0 Å². The number of aromatic nitrogens is 2. The molecule has 0 amide bonds. The second kappa shape index (κ2) is 5.10. The Balaban J connectivity index is 2.42. The van der Waals surface area contributed by atoms with Crippen molar-refractivity contribution < 1.29 is 23.7 Å². The first kappa shape index (κ1) is 13.7. The molecule has 1 aliphatic heterocycles. The molecule has 0 saturated carbocycles. The lowest BCUT2D eigenvalue weighted by Gasteiger charge is -2.18. The van der Waals surface area contributed by atoms with E-state index in [-0.39, 0.29) is 9.41 Å². The molecule has 1 aromatic rings. The van der Waals surface area contributed by atoms with Gasteiger partial charge in [0.15, 0.2) is 23.0 Å². The summed E-state index contributed by atoms with van der Waals surface area (Å²) in [6.07, 6.45) is -4.75. The molecule has 3 N–H and O–H groups in total. The Kier molecular flexibility index (Phi) is 3.87. The quantitative estimate of drug-likeness (QED) is 0.710. The van der Waals surface area contributed by atoms with E-state index in [4.69, 9.17) is 22.1 Å². The van der Waals surface area contributed by atoms with Crippen LogP contribution in [0.5, 0.6) is 0 Å². The third kappa shape index (κ3) is 2.24. The average molecular weight is 296 g/mol. The lowest BCUT2D eigenvalue weighted by molar-refractivity contribution is -0.0532. The predicted octanol–water partition coefficient (Wildman–Crippen LogP) is 1.00. The predicted molar refractivity (Wildman–Crippen MR) is 62.3 cm³/mol. The zero-order chi connectivity index (χ0) is 13.4. The van der Waals surface area contributed by atoms with Crippen molar-refractivity contribution in [1.82, 2.24) is 9.55 Å². The van der Waals surface area contributed by atoms with Gasteiger partial charge in [-0.1, -0.05) is 12.2 Å². The highest BCUT2D eigenvalue weighted by atomic mass is 32.1. The maximum atomic E-state index is 13.5. The van der Waals surface area contributed by atoms with Gasteiger partial charge in [-0.15, -0.1) is 0 Å². The van der Waals surface area contributed by atoms with Crippen molar-refractivity contribution >= 4 is 24.4 Å². The molecule has 1 aromatic heterocycles. The van der Waals surface area contributed by atoms with Crippen molar-refractivity contribution in [2.24, 2.45) is 0 Å². The van der Waals surface area contributed by atoms with E-state index < -0.39 is 37.0 Å². The lowest BCUT2D eigenvalue weighted by Crippen LogP contribution is -2.29. The summed E-state index contributed by atoms with van der Waals surface area (Å²) in [5, 5.41) is 18.5. The Morgan fingerprint density at radius 3 is 2.72 bits per heavy atom. The summed E-state index contributed by atoms with van der Waals surface area (Å²) in [5.74, 6) is -0.766. The zero-order valence-corrected chi connectivity index (χ0v) is 10.5. The van der Waals surface area contributed by atoms with E-state index in [1.807, 2.05) is 0 Å². The van der Waals surface area contributed by atoms with Crippen LogP contribution in [0.2, 0.25) is 0 Å². The molecule has 1 saturated heterocycles. The van der Waals surface area contributed by atoms with Crippen LogP contribution in [0, 0.1) is 15.2 Å². The number of rotatable bonds is 2. The first-order valence-electron chi connectivity index (χ1n) is 5.05. The fourth-order valence-corrected chi connectivity index (χ4v) is 2.21. The van der Waals surface area contributed by atoms with Crippen LogP contribution in [0.3, 0.4) is 0 Å². The van der Waals surface area contributed by atoms with Crippen LogP contribution in [-0.4, -0.2) is 44.8 Å². The molecular formula is C9H10F2N2O3S2. The van der Waals surface area contributed by atoms with Gasteiger partial charge in [0.05, 0.1) is 6.61 Å². The summed E-state index contributed by atoms with van der Waals surface area (Å²) in [7, 11) is 0. The first-order chi connectivity index (χ1) is 8.45. The fraction of sp³-hybridized carbons (Fsp3) is 0.556. The maximum Gasteiger partial charge on any atom is 0.180 e. The Hall–Kier alpha value is -0.740. The lowest BCUT2D eigenvalue weighted by atomic mass is 10.1. The van der Waals surface area contributed by atoms with Gasteiger partial charge in [0.2, 0.25) is 0 Å². The molecule has 1 unspecified atom stereocenters. The summed E-state index contributed by atoms with van der Waals surface area (Å²) in [6.45, 7) is -0.590. The minimum absolute atomic E-state index is 0.00348. The third-order valence-corrected chi connectivity index (χ3v) is 3.28. The highest BCUT2D eigenvalue weighted by Gasteiger charge is 2.44. The average Bonchev–Trinajstić information content (AvgIpc) is 2.61. The number of aromatic amines is 1. The first-order valence-corrected chi connectivity index (χ1v) is 5.86. The van der Waals surface area contributed by atoms with Crippen molar-refractivity contribution in [3.63, 3.8) is 0 Å². The summed E-state index contributed by atoms with van der Waals surface area (Å²) in [6, 6.07) is 0. The number of halogens is 2. The number of ether oxygens (including phenoxy) is 1. The van der Waals surface area contributed by atoms with Gasteiger partial charge in [-0.2, -0.15) is 0 Å². The topological polar surface area (TPSA) is 70.4 Å². The Labute approximate surface area is 111 Å². The molecule has 2 rings (SSSR count). The molecule has 100 valence electrons. The summed E-state index contributed by atoms with van der Waals surface area (Å²) < 4.78 is 32.8. The number of hydrogen-bond donors (Lipinski definition) is 3. The molecular weight excluding hydrogens is 286 g/mol. The molecule has 5 nitrogen and oxygen atoms in total. The SMILES string of the molecule is OC[C@H]1O[C@@H](n2cc(F)c(=S)[nH]c2=S)C(O)[C@H]1F. The van der Waals surface area contributed by atoms with Crippen LogP contribution in [0.4, 0.5) is 8.78 Å². The van der Waals surface area contributed by atoms with Crippen molar-refractivity contribution in [3.05, 3.63) is 21.4 Å². The Morgan fingerprint density at radius 2 is 2.17 bits per heavy atom. The summed E-state index contributed by atoms with van der Waals surface area (Å²) in [5.41, 5.74) is 0. The molecule has 0 aromatic carbocycles. The van der Waals surface area contributed by atoms with Crippen molar-refractivity contribution in [2.75, 3.05) is 6.61 Å². The fourth-order valence-electron chi connectivity index (χ4n) is 1.74. The van der Waals surface area contributed by atoms with Gasteiger partial charge in [-0.05, 0) is 12.2 Å². The van der Waals surface area contributed by atoms with E-state index >= 15 is 0 Å². The third-order valence-electron chi connectivity index (χ3n) is 2.67. The molecule has 18 heavy (non-hydrogen) atoms. The molecule has 2 heterocycles. The molecule has 0 bridgehead atoms. The second-order valence-corrected chi connectivity index (χ2v) is 4.62. The van der Waals surface area contributed by atoms with E-state index in [1.165, 1.54) is 0 Å². The summed E-state index contributed by atoms with van der Waals surface area (Å²) >= 11 is 9.55. The molecule has 1 aliphatic rings. The Morgan fingerprint density at radius 1 is 1.50 bits per heavy atom. The van der Waals surface area contributed by atoms with Crippen molar-refractivity contribution in [2.45, 2.75) is 24.6 Å². The van der Waals surface area contributed by atoms with Gasteiger partial charge in [-0.25, -0.2) is 8.78 Å². The highest BCUT2D eigenvalue weighted by molar-refractivity contribution is 7.72. The van der Waals surface area contributed by atoms with Gasteiger partial charge < -0.3 is 19.9 Å². The second-order valence-electron chi connectivity index (χ2n) is 3.83. The number of nitrogens with zero attached hydrogens (tertiary/aromatic N) is 1. The van der Waals surface area contributed by atoms with Gasteiger partial charge in [0.1, 0.15) is 16.8 Å². The number of aliphatic hydroxyl groups excluding tert-OH is 2. The molecule has 0 spiro atoms. The molecule has 0 radical (unpaired) electrons.